The van der Waals surface area contributed by atoms with Crippen LogP contribution in [-0.2, 0) is 19.5 Å². The lowest BCUT2D eigenvalue weighted by Gasteiger charge is -2.13. The fraction of sp³-hybridized carbons (Fsp3) is 0.571. The minimum absolute atomic E-state index is 0.0976. The molecular formula is C14H22N2O4S. The van der Waals surface area contributed by atoms with Crippen LogP contribution < -0.4 is 10.0 Å². The SMILES string of the molecule is COCCOCCNc1ccccc1S(=O)(=O)NC1CC1. The number of rotatable bonds is 10. The molecule has 0 aliphatic heterocycles. The monoisotopic (exact) mass is 314 g/mol. The number of nitrogens with one attached hydrogen (secondary N) is 2. The topological polar surface area (TPSA) is 76.7 Å². The van der Waals surface area contributed by atoms with Crippen molar-refractivity contribution in [1.82, 2.24) is 4.72 Å². The Hall–Kier alpha value is -1.15. The normalized spacial score (nSPS) is 15.1. The first-order chi connectivity index (χ1) is 10.1. The highest BCUT2D eigenvalue weighted by Crippen LogP contribution is 2.25. The third-order valence-corrected chi connectivity index (χ3v) is 4.65. The second-order valence-electron chi connectivity index (χ2n) is 4.92. The largest absolute Gasteiger partial charge is 0.382 e. The molecule has 1 fully saturated rings. The molecule has 1 saturated carbocycles. The van der Waals surface area contributed by atoms with Gasteiger partial charge in [0.25, 0.3) is 0 Å². The molecule has 0 heterocycles. The highest BCUT2D eigenvalue weighted by atomic mass is 32.2. The zero-order valence-corrected chi connectivity index (χ0v) is 13.0. The van der Waals surface area contributed by atoms with Gasteiger partial charge in [-0.1, -0.05) is 12.1 Å². The summed E-state index contributed by atoms with van der Waals surface area (Å²) in [5, 5.41) is 3.10. The van der Waals surface area contributed by atoms with Crippen LogP contribution in [0, 0.1) is 0 Å². The number of benzene rings is 1. The number of hydrogen-bond acceptors (Lipinski definition) is 5. The van der Waals surface area contributed by atoms with Crippen LogP contribution in [0.5, 0.6) is 0 Å². The van der Waals surface area contributed by atoms with Crippen molar-refractivity contribution in [3.05, 3.63) is 24.3 Å². The third-order valence-electron chi connectivity index (χ3n) is 3.07. The Kier molecular flexibility index (Phi) is 5.98. The average molecular weight is 314 g/mol. The van der Waals surface area contributed by atoms with Gasteiger partial charge in [0.1, 0.15) is 4.90 Å². The number of hydrogen-bond donors (Lipinski definition) is 2. The maximum Gasteiger partial charge on any atom is 0.242 e. The molecule has 0 atom stereocenters. The van der Waals surface area contributed by atoms with E-state index in [0.29, 0.717) is 32.1 Å². The number of sulfonamides is 1. The second-order valence-corrected chi connectivity index (χ2v) is 6.61. The quantitative estimate of drug-likeness (QED) is 0.635. The van der Waals surface area contributed by atoms with Crippen molar-refractivity contribution in [2.75, 3.05) is 38.8 Å². The molecular weight excluding hydrogens is 292 g/mol. The minimum Gasteiger partial charge on any atom is -0.382 e. The fourth-order valence-electron chi connectivity index (χ4n) is 1.83. The molecule has 2 rings (SSSR count). The van der Waals surface area contributed by atoms with Crippen LogP contribution in [0.1, 0.15) is 12.8 Å². The molecule has 118 valence electrons. The van der Waals surface area contributed by atoms with Crippen molar-refractivity contribution in [3.8, 4) is 0 Å². The van der Waals surface area contributed by atoms with Gasteiger partial charge in [0, 0.05) is 19.7 Å². The number of anilines is 1. The molecule has 1 aromatic carbocycles. The Morgan fingerprint density at radius 1 is 1.19 bits per heavy atom. The van der Waals surface area contributed by atoms with Gasteiger partial charge >= 0.3 is 0 Å². The van der Waals surface area contributed by atoms with E-state index in [4.69, 9.17) is 9.47 Å². The Bertz CT molecular complexity index is 544. The molecule has 21 heavy (non-hydrogen) atoms. The average Bonchev–Trinajstić information content (AvgIpc) is 3.26. The summed E-state index contributed by atoms with van der Waals surface area (Å²) in [6, 6.07) is 7.00. The lowest BCUT2D eigenvalue weighted by molar-refractivity contribution is 0.0759. The Labute approximate surface area is 125 Å². The molecule has 0 bridgehead atoms. The predicted octanol–water partition coefficient (Wildman–Crippen LogP) is 1.20. The smallest absolute Gasteiger partial charge is 0.242 e. The van der Waals surface area contributed by atoms with Crippen molar-refractivity contribution < 1.29 is 17.9 Å². The van der Waals surface area contributed by atoms with E-state index in [-0.39, 0.29) is 10.9 Å². The van der Waals surface area contributed by atoms with Gasteiger partial charge < -0.3 is 14.8 Å². The number of ether oxygens (including phenoxy) is 2. The van der Waals surface area contributed by atoms with Crippen LogP contribution in [0.4, 0.5) is 5.69 Å². The Morgan fingerprint density at radius 2 is 1.95 bits per heavy atom. The van der Waals surface area contributed by atoms with Crippen molar-refractivity contribution in [3.63, 3.8) is 0 Å². The van der Waals surface area contributed by atoms with Gasteiger partial charge in [-0.15, -0.1) is 0 Å². The summed E-state index contributed by atoms with van der Waals surface area (Å²) in [7, 11) is -1.83. The summed E-state index contributed by atoms with van der Waals surface area (Å²) < 4.78 is 37.5. The molecule has 0 unspecified atom stereocenters. The first-order valence-corrected chi connectivity index (χ1v) is 8.54. The standard InChI is InChI=1S/C14H22N2O4S/c1-19-10-11-20-9-8-15-13-4-2-3-5-14(13)21(17,18)16-12-6-7-12/h2-5,12,15-16H,6-11H2,1H3. The van der Waals surface area contributed by atoms with Gasteiger partial charge in [0.15, 0.2) is 0 Å². The summed E-state index contributed by atoms with van der Waals surface area (Å²) >= 11 is 0. The van der Waals surface area contributed by atoms with Crippen molar-refractivity contribution in [2.45, 2.75) is 23.8 Å². The molecule has 1 aliphatic carbocycles. The minimum atomic E-state index is -3.45. The summed E-state index contributed by atoms with van der Waals surface area (Å²) in [6.45, 7) is 2.12. The van der Waals surface area contributed by atoms with Gasteiger partial charge in [-0.25, -0.2) is 13.1 Å². The molecule has 2 N–H and O–H groups in total. The molecule has 1 aliphatic rings. The summed E-state index contributed by atoms with van der Waals surface area (Å²) in [5.74, 6) is 0. The van der Waals surface area contributed by atoms with Crippen molar-refractivity contribution in [1.29, 1.82) is 0 Å². The Morgan fingerprint density at radius 3 is 2.67 bits per heavy atom. The van der Waals surface area contributed by atoms with E-state index >= 15 is 0 Å². The van der Waals surface area contributed by atoms with Gasteiger partial charge in [-0.2, -0.15) is 0 Å². The van der Waals surface area contributed by atoms with Gasteiger partial charge in [0.05, 0.1) is 25.5 Å². The van der Waals surface area contributed by atoms with E-state index in [1.165, 1.54) is 0 Å². The fourth-order valence-corrected chi connectivity index (χ4v) is 3.32. The zero-order valence-electron chi connectivity index (χ0n) is 12.2. The number of methoxy groups -OCH3 is 1. The first kappa shape index (κ1) is 16.2. The van der Waals surface area contributed by atoms with Gasteiger partial charge in [-0.3, -0.25) is 0 Å². The maximum absolute atomic E-state index is 12.3. The molecule has 0 spiro atoms. The van der Waals surface area contributed by atoms with Crippen LogP contribution in [0.2, 0.25) is 0 Å². The molecule has 6 nitrogen and oxygen atoms in total. The zero-order chi connectivity index (χ0) is 15.1. The summed E-state index contributed by atoms with van der Waals surface area (Å²) in [4.78, 5) is 0.286. The van der Waals surface area contributed by atoms with Gasteiger partial charge in [0.2, 0.25) is 10.0 Å². The molecule has 0 aromatic heterocycles. The van der Waals surface area contributed by atoms with E-state index in [9.17, 15) is 8.42 Å². The van der Waals surface area contributed by atoms with E-state index in [1.807, 2.05) is 6.07 Å². The molecule has 0 amide bonds. The van der Waals surface area contributed by atoms with Crippen LogP contribution in [0.3, 0.4) is 0 Å². The van der Waals surface area contributed by atoms with E-state index in [0.717, 1.165) is 12.8 Å². The number of para-hydroxylation sites is 1. The van der Waals surface area contributed by atoms with Gasteiger partial charge in [-0.05, 0) is 25.0 Å². The van der Waals surface area contributed by atoms with E-state index in [1.54, 1.807) is 25.3 Å². The highest BCUT2D eigenvalue weighted by Gasteiger charge is 2.29. The first-order valence-electron chi connectivity index (χ1n) is 7.05. The summed E-state index contributed by atoms with van der Waals surface area (Å²) in [6.07, 6.45) is 1.84. The van der Waals surface area contributed by atoms with Crippen LogP contribution in [0.15, 0.2) is 29.2 Å². The molecule has 0 radical (unpaired) electrons. The third kappa shape index (κ3) is 5.28. The second kappa shape index (κ2) is 7.74. The van der Waals surface area contributed by atoms with Crippen LogP contribution in [0.25, 0.3) is 0 Å². The maximum atomic E-state index is 12.3. The predicted molar refractivity (Wildman–Crippen MR) is 81.0 cm³/mol. The lowest BCUT2D eigenvalue weighted by atomic mass is 10.3. The Balaban J connectivity index is 1.90. The lowest BCUT2D eigenvalue weighted by Crippen LogP contribution is -2.26. The highest BCUT2D eigenvalue weighted by molar-refractivity contribution is 7.89. The molecule has 1 aromatic rings. The molecule has 7 heteroatoms. The van der Waals surface area contributed by atoms with E-state index < -0.39 is 10.0 Å². The van der Waals surface area contributed by atoms with Crippen molar-refractivity contribution >= 4 is 15.7 Å². The van der Waals surface area contributed by atoms with Crippen molar-refractivity contribution in [2.24, 2.45) is 0 Å². The summed E-state index contributed by atoms with van der Waals surface area (Å²) in [5.41, 5.74) is 0.598. The van der Waals surface area contributed by atoms with Crippen LogP contribution >= 0.6 is 0 Å². The van der Waals surface area contributed by atoms with Crippen LogP contribution in [-0.4, -0.2) is 47.9 Å². The van der Waals surface area contributed by atoms with E-state index in [2.05, 4.69) is 10.0 Å². The molecule has 0 saturated heterocycles.